The SMILES string of the molecule is CCCC(C)(O)CC.NO. The van der Waals surface area contributed by atoms with Gasteiger partial charge in [0.2, 0.25) is 0 Å². The summed E-state index contributed by atoms with van der Waals surface area (Å²) in [4.78, 5) is 0. The van der Waals surface area contributed by atoms with Crippen LogP contribution in [-0.4, -0.2) is 15.9 Å². The van der Waals surface area contributed by atoms with Crippen molar-refractivity contribution < 1.29 is 10.3 Å². The van der Waals surface area contributed by atoms with Gasteiger partial charge in [-0.05, 0) is 19.8 Å². The molecule has 64 valence electrons. The predicted octanol–water partition coefficient (Wildman–Crippen LogP) is 1.28. The van der Waals surface area contributed by atoms with Crippen molar-refractivity contribution in [2.24, 2.45) is 5.90 Å². The van der Waals surface area contributed by atoms with Gasteiger partial charge in [-0.3, -0.25) is 0 Å². The maximum atomic E-state index is 9.32. The second-order valence-electron chi connectivity index (χ2n) is 2.60. The van der Waals surface area contributed by atoms with E-state index in [1.807, 2.05) is 13.8 Å². The molecule has 10 heavy (non-hydrogen) atoms. The minimum Gasteiger partial charge on any atom is -0.390 e. The van der Waals surface area contributed by atoms with E-state index in [-0.39, 0.29) is 0 Å². The van der Waals surface area contributed by atoms with Crippen molar-refractivity contribution in [2.75, 3.05) is 0 Å². The smallest absolute Gasteiger partial charge is 0.0617 e. The van der Waals surface area contributed by atoms with E-state index >= 15 is 0 Å². The minimum atomic E-state index is -0.408. The Balaban J connectivity index is 0. The van der Waals surface area contributed by atoms with Gasteiger partial charge in [0.15, 0.2) is 0 Å². The van der Waals surface area contributed by atoms with Gasteiger partial charge < -0.3 is 10.3 Å². The van der Waals surface area contributed by atoms with Crippen LogP contribution in [0.2, 0.25) is 0 Å². The first-order chi connectivity index (χ1) is 4.62. The van der Waals surface area contributed by atoms with Gasteiger partial charge in [0, 0.05) is 0 Å². The van der Waals surface area contributed by atoms with Crippen LogP contribution in [0, 0.1) is 0 Å². The second kappa shape index (κ2) is 6.99. The van der Waals surface area contributed by atoms with Crippen LogP contribution >= 0.6 is 0 Å². The first kappa shape index (κ1) is 12.5. The monoisotopic (exact) mass is 149 g/mol. The molecule has 0 amide bonds. The second-order valence-corrected chi connectivity index (χ2v) is 2.60. The fourth-order valence-electron chi connectivity index (χ4n) is 0.715. The number of aliphatic hydroxyl groups is 1. The quantitative estimate of drug-likeness (QED) is 0.529. The molecular formula is C7H19NO2. The van der Waals surface area contributed by atoms with Crippen LogP contribution in [0.3, 0.4) is 0 Å². The average Bonchev–Trinajstić information content (AvgIpc) is 1.93. The van der Waals surface area contributed by atoms with Crippen molar-refractivity contribution >= 4 is 0 Å². The van der Waals surface area contributed by atoms with Gasteiger partial charge in [-0.2, -0.15) is 0 Å². The number of hydrogen-bond acceptors (Lipinski definition) is 3. The molecular weight excluding hydrogens is 130 g/mol. The van der Waals surface area contributed by atoms with Crippen molar-refractivity contribution in [3.8, 4) is 0 Å². The molecule has 0 aliphatic carbocycles. The van der Waals surface area contributed by atoms with Crippen LogP contribution in [0.5, 0.6) is 0 Å². The Morgan fingerprint density at radius 1 is 1.30 bits per heavy atom. The van der Waals surface area contributed by atoms with Crippen LogP contribution in [0.25, 0.3) is 0 Å². The minimum absolute atomic E-state index is 0.408. The molecule has 4 N–H and O–H groups in total. The molecule has 3 heteroatoms. The summed E-state index contributed by atoms with van der Waals surface area (Å²) in [5.74, 6) is 3.50. The van der Waals surface area contributed by atoms with Crippen LogP contribution in [0.15, 0.2) is 0 Å². The highest BCUT2D eigenvalue weighted by molar-refractivity contribution is 4.67. The molecule has 0 fully saturated rings. The largest absolute Gasteiger partial charge is 0.390 e. The maximum absolute atomic E-state index is 9.32. The van der Waals surface area contributed by atoms with E-state index in [2.05, 4.69) is 12.8 Å². The number of nitrogens with two attached hydrogens (primary N) is 1. The lowest BCUT2D eigenvalue weighted by atomic mass is 9.98. The van der Waals surface area contributed by atoms with E-state index < -0.39 is 5.60 Å². The number of hydrogen-bond donors (Lipinski definition) is 3. The normalized spacial score (nSPS) is 15.0. The van der Waals surface area contributed by atoms with Gasteiger partial charge in [-0.1, -0.05) is 20.3 Å². The lowest BCUT2D eigenvalue weighted by molar-refractivity contribution is 0.0463. The van der Waals surface area contributed by atoms with Crippen molar-refractivity contribution in [1.29, 1.82) is 0 Å². The molecule has 0 aromatic carbocycles. The van der Waals surface area contributed by atoms with E-state index in [0.717, 1.165) is 19.3 Å². The van der Waals surface area contributed by atoms with E-state index in [1.54, 1.807) is 0 Å². The number of rotatable bonds is 3. The zero-order chi connectivity index (χ0) is 8.62. The fourth-order valence-corrected chi connectivity index (χ4v) is 0.715. The summed E-state index contributed by atoms with van der Waals surface area (Å²) in [7, 11) is 0. The summed E-state index contributed by atoms with van der Waals surface area (Å²) in [6.45, 7) is 5.98. The summed E-state index contributed by atoms with van der Waals surface area (Å²) in [6, 6.07) is 0. The van der Waals surface area contributed by atoms with Gasteiger partial charge >= 0.3 is 0 Å². The summed E-state index contributed by atoms with van der Waals surface area (Å²) >= 11 is 0. The lowest BCUT2D eigenvalue weighted by Gasteiger charge is -2.19. The Morgan fingerprint density at radius 2 is 1.70 bits per heavy atom. The highest BCUT2D eigenvalue weighted by atomic mass is 16.4. The fraction of sp³-hybridized carbons (Fsp3) is 1.00. The van der Waals surface area contributed by atoms with Crippen molar-refractivity contribution in [3.05, 3.63) is 0 Å². The van der Waals surface area contributed by atoms with Gasteiger partial charge in [-0.15, -0.1) is 0 Å². The van der Waals surface area contributed by atoms with Crippen LogP contribution in [0.4, 0.5) is 0 Å². The predicted molar refractivity (Wildman–Crippen MR) is 41.8 cm³/mol. The molecule has 1 unspecified atom stereocenters. The van der Waals surface area contributed by atoms with Crippen molar-refractivity contribution in [1.82, 2.24) is 0 Å². The van der Waals surface area contributed by atoms with E-state index in [4.69, 9.17) is 5.21 Å². The zero-order valence-electron chi connectivity index (χ0n) is 7.09. The van der Waals surface area contributed by atoms with Gasteiger partial charge in [0.05, 0.1) is 5.60 Å². The van der Waals surface area contributed by atoms with Gasteiger partial charge in [0.1, 0.15) is 0 Å². The third-order valence-corrected chi connectivity index (χ3v) is 1.55. The zero-order valence-corrected chi connectivity index (χ0v) is 7.09. The molecule has 0 radical (unpaired) electrons. The molecule has 0 saturated heterocycles. The van der Waals surface area contributed by atoms with Crippen LogP contribution < -0.4 is 5.90 Å². The summed E-state index contributed by atoms with van der Waals surface area (Å²) in [5, 5.41) is 15.8. The molecule has 0 aliphatic rings. The molecule has 1 atom stereocenters. The molecule has 0 spiro atoms. The van der Waals surface area contributed by atoms with Crippen molar-refractivity contribution in [3.63, 3.8) is 0 Å². The lowest BCUT2D eigenvalue weighted by Crippen LogP contribution is -2.21. The summed E-state index contributed by atoms with van der Waals surface area (Å²) < 4.78 is 0. The summed E-state index contributed by atoms with van der Waals surface area (Å²) in [6.07, 6.45) is 2.85. The molecule has 0 rings (SSSR count). The highest BCUT2D eigenvalue weighted by Gasteiger charge is 2.14. The Kier molecular flexibility index (Phi) is 8.77. The van der Waals surface area contributed by atoms with Gasteiger partial charge in [-0.25, -0.2) is 5.90 Å². The van der Waals surface area contributed by atoms with E-state index in [9.17, 15) is 5.11 Å². The van der Waals surface area contributed by atoms with Crippen LogP contribution in [-0.2, 0) is 0 Å². The molecule has 0 aliphatic heterocycles. The molecule has 0 aromatic heterocycles. The third-order valence-electron chi connectivity index (χ3n) is 1.55. The maximum Gasteiger partial charge on any atom is 0.0617 e. The van der Waals surface area contributed by atoms with E-state index in [1.165, 1.54) is 0 Å². The van der Waals surface area contributed by atoms with Gasteiger partial charge in [0.25, 0.3) is 0 Å². The van der Waals surface area contributed by atoms with Crippen LogP contribution in [0.1, 0.15) is 40.0 Å². The van der Waals surface area contributed by atoms with E-state index in [0.29, 0.717) is 0 Å². The highest BCUT2D eigenvalue weighted by Crippen LogP contribution is 2.14. The first-order valence-corrected chi connectivity index (χ1v) is 3.60. The Labute approximate surface area is 62.8 Å². The molecule has 3 nitrogen and oxygen atoms in total. The Morgan fingerprint density at radius 3 is 1.80 bits per heavy atom. The molecule has 0 aromatic rings. The van der Waals surface area contributed by atoms with Crippen molar-refractivity contribution in [2.45, 2.75) is 45.6 Å². The standard InChI is InChI=1S/C7H16O.H3NO/c1-4-6-7(3,8)5-2;1-2/h8H,4-6H2,1-3H3;2H,1H2. The average molecular weight is 149 g/mol. The molecule has 0 saturated carbocycles. The first-order valence-electron chi connectivity index (χ1n) is 3.60. The third kappa shape index (κ3) is 7.88. The Hall–Kier alpha value is -0.120. The summed E-state index contributed by atoms with van der Waals surface area (Å²) in [5.41, 5.74) is -0.408. The Bertz CT molecular complexity index is 64.6. The topological polar surface area (TPSA) is 66.5 Å². The molecule has 0 heterocycles. The molecule has 0 bridgehead atoms.